The highest BCUT2D eigenvalue weighted by molar-refractivity contribution is 7.17. The Morgan fingerprint density at radius 3 is 2.30 bits per heavy atom. The third kappa shape index (κ3) is 4.36. The smallest absolute Gasteiger partial charge is 0.326 e. The van der Waals surface area contributed by atoms with E-state index in [1.165, 1.54) is 18.2 Å². The molecule has 0 saturated carbocycles. The third-order valence-corrected chi connectivity index (χ3v) is 4.07. The molecule has 1 heterocycles. The van der Waals surface area contributed by atoms with E-state index >= 15 is 0 Å². The molecule has 8 heteroatoms. The highest BCUT2D eigenvalue weighted by Gasteiger charge is 2.24. The average molecular weight is 337 g/mol. The van der Waals surface area contributed by atoms with Crippen LogP contribution in [0.1, 0.15) is 16.1 Å². The van der Waals surface area contributed by atoms with Gasteiger partial charge in [0.1, 0.15) is 11.9 Å². The van der Waals surface area contributed by atoms with Crippen LogP contribution in [-0.2, 0) is 9.59 Å². The number of carbonyl (C=O) groups is 3. The average Bonchev–Trinajstić information content (AvgIpc) is 2.96. The normalized spacial score (nSPS) is 11.7. The monoisotopic (exact) mass is 337 g/mol. The van der Waals surface area contributed by atoms with Crippen molar-refractivity contribution in [1.82, 2.24) is 5.32 Å². The number of hydrogen-bond donors (Lipinski definition) is 3. The van der Waals surface area contributed by atoms with Crippen molar-refractivity contribution >= 4 is 29.2 Å². The van der Waals surface area contributed by atoms with Gasteiger partial charge in [-0.05, 0) is 29.8 Å². The lowest BCUT2D eigenvalue weighted by Gasteiger charge is -2.11. The first-order valence-electron chi connectivity index (χ1n) is 6.48. The Morgan fingerprint density at radius 1 is 1.09 bits per heavy atom. The summed E-state index contributed by atoms with van der Waals surface area (Å²) >= 11 is 1.10. The maximum atomic E-state index is 12.9. The molecule has 6 nitrogen and oxygen atoms in total. The lowest BCUT2D eigenvalue weighted by Crippen LogP contribution is -2.41. The molecule has 0 aliphatic rings. The first-order valence-corrected chi connectivity index (χ1v) is 7.29. The van der Waals surface area contributed by atoms with Crippen molar-refractivity contribution in [2.24, 2.45) is 0 Å². The molecule has 0 unspecified atom stereocenters. The van der Waals surface area contributed by atoms with Crippen molar-refractivity contribution in [1.29, 1.82) is 0 Å². The molecule has 0 radical (unpaired) electrons. The lowest BCUT2D eigenvalue weighted by molar-refractivity contribution is -0.145. The molecule has 1 amide bonds. The molecule has 23 heavy (non-hydrogen) atoms. The van der Waals surface area contributed by atoms with E-state index in [1.54, 1.807) is 18.2 Å². The number of carbonyl (C=O) groups excluding carboxylic acids is 1. The zero-order valence-electron chi connectivity index (χ0n) is 11.7. The summed E-state index contributed by atoms with van der Waals surface area (Å²) in [5, 5.41) is 19.7. The largest absolute Gasteiger partial charge is 0.481 e. The van der Waals surface area contributed by atoms with Crippen LogP contribution in [0.5, 0.6) is 0 Å². The Bertz CT molecular complexity index is 741. The number of carboxylic acids is 2. The molecule has 1 aromatic heterocycles. The molecule has 0 aliphatic carbocycles. The van der Waals surface area contributed by atoms with E-state index < -0.39 is 30.3 Å². The van der Waals surface area contributed by atoms with E-state index in [1.807, 2.05) is 0 Å². The fourth-order valence-corrected chi connectivity index (χ4v) is 2.75. The lowest BCUT2D eigenvalue weighted by atomic mass is 10.2. The Balaban J connectivity index is 2.12. The van der Waals surface area contributed by atoms with Crippen LogP contribution >= 0.6 is 11.3 Å². The predicted molar refractivity (Wildman–Crippen MR) is 80.9 cm³/mol. The number of halogens is 1. The number of hydrogen-bond acceptors (Lipinski definition) is 4. The number of aliphatic carboxylic acids is 2. The van der Waals surface area contributed by atoms with Gasteiger partial charge in [-0.1, -0.05) is 12.1 Å². The first kappa shape index (κ1) is 16.6. The number of carboxylic acid groups (broad SMARTS) is 2. The van der Waals surface area contributed by atoms with Gasteiger partial charge in [-0.15, -0.1) is 11.3 Å². The van der Waals surface area contributed by atoms with Gasteiger partial charge < -0.3 is 15.5 Å². The number of nitrogens with one attached hydrogen (secondary N) is 1. The van der Waals surface area contributed by atoms with Crippen LogP contribution in [0.15, 0.2) is 36.4 Å². The Morgan fingerprint density at radius 2 is 1.74 bits per heavy atom. The van der Waals surface area contributed by atoms with Crippen molar-refractivity contribution in [2.75, 3.05) is 0 Å². The maximum Gasteiger partial charge on any atom is 0.326 e. The number of thiophene rings is 1. The minimum atomic E-state index is -1.50. The van der Waals surface area contributed by atoms with Gasteiger partial charge >= 0.3 is 11.9 Å². The number of rotatable bonds is 6. The highest BCUT2D eigenvalue weighted by atomic mass is 32.1. The summed E-state index contributed by atoms with van der Waals surface area (Å²) in [4.78, 5) is 34.5. The van der Waals surface area contributed by atoms with Crippen molar-refractivity contribution in [2.45, 2.75) is 12.5 Å². The summed E-state index contributed by atoms with van der Waals surface area (Å²) in [6, 6.07) is 7.36. The molecule has 2 rings (SSSR count). The Hall–Kier alpha value is -2.74. The van der Waals surface area contributed by atoms with E-state index in [9.17, 15) is 18.8 Å². The molecule has 3 N–H and O–H groups in total. The summed E-state index contributed by atoms with van der Waals surface area (Å²) in [6.45, 7) is 0. The number of benzene rings is 1. The topological polar surface area (TPSA) is 104 Å². The fraction of sp³-hybridized carbons (Fsp3) is 0.133. The molecule has 1 atom stereocenters. The highest BCUT2D eigenvalue weighted by Crippen LogP contribution is 2.28. The molecular formula is C15H12FNO5S. The summed E-state index contributed by atoms with van der Waals surface area (Å²) in [7, 11) is 0. The van der Waals surface area contributed by atoms with Crippen LogP contribution in [0.4, 0.5) is 4.39 Å². The van der Waals surface area contributed by atoms with Crippen LogP contribution < -0.4 is 5.32 Å². The van der Waals surface area contributed by atoms with E-state index in [-0.39, 0.29) is 10.7 Å². The van der Waals surface area contributed by atoms with E-state index in [0.717, 1.165) is 16.9 Å². The zero-order chi connectivity index (χ0) is 17.0. The fourth-order valence-electron chi connectivity index (χ4n) is 1.83. The first-order chi connectivity index (χ1) is 10.9. The Labute approximate surface area is 134 Å². The molecule has 0 aliphatic heterocycles. The van der Waals surface area contributed by atoms with Crippen LogP contribution in [0.3, 0.4) is 0 Å². The number of amides is 1. The Kier molecular flexibility index (Phi) is 5.07. The van der Waals surface area contributed by atoms with E-state index in [4.69, 9.17) is 10.2 Å². The summed E-state index contributed by atoms with van der Waals surface area (Å²) in [5.74, 6) is -3.79. The van der Waals surface area contributed by atoms with Gasteiger partial charge in [0, 0.05) is 4.88 Å². The molecule has 0 saturated heterocycles. The standard InChI is InChI=1S/C15H12FNO5S/c16-9-3-1-8(2-4-9)11-5-6-12(23-11)14(20)17-10(15(21)22)7-13(18)19/h1-6,10H,7H2,(H,17,20)(H,18,19)(H,21,22)/t10-/m0/s1. The van der Waals surface area contributed by atoms with Crippen LogP contribution in [0, 0.1) is 5.82 Å². The van der Waals surface area contributed by atoms with Gasteiger partial charge in [0.25, 0.3) is 5.91 Å². The minimum absolute atomic E-state index is 0.237. The van der Waals surface area contributed by atoms with Crippen molar-refractivity contribution < 1.29 is 29.0 Å². The van der Waals surface area contributed by atoms with Gasteiger partial charge in [-0.25, -0.2) is 9.18 Å². The minimum Gasteiger partial charge on any atom is -0.481 e. The molecule has 2 aromatic rings. The molecule has 1 aromatic carbocycles. The van der Waals surface area contributed by atoms with Gasteiger partial charge in [-0.3, -0.25) is 9.59 Å². The van der Waals surface area contributed by atoms with Crippen LogP contribution in [-0.4, -0.2) is 34.1 Å². The second-order valence-corrected chi connectivity index (χ2v) is 5.72. The van der Waals surface area contributed by atoms with E-state index in [2.05, 4.69) is 5.32 Å². The molecule has 0 spiro atoms. The van der Waals surface area contributed by atoms with Gasteiger partial charge in [-0.2, -0.15) is 0 Å². The summed E-state index contributed by atoms with van der Waals surface area (Å²) in [6.07, 6.45) is -0.711. The van der Waals surface area contributed by atoms with Gasteiger partial charge in [0.2, 0.25) is 0 Å². The second-order valence-electron chi connectivity index (χ2n) is 4.63. The second kappa shape index (κ2) is 7.01. The van der Waals surface area contributed by atoms with Gasteiger partial charge in [0.15, 0.2) is 0 Å². The third-order valence-electron chi connectivity index (χ3n) is 2.94. The van der Waals surface area contributed by atoms with Crippen LogP contribution in [0.2, 0.25) is 0 Å². The molecule has 0 fully saturated rings. The van der Waals surface area contributed by atoms with Crippen LogP contribution in [0.25, 0.3) is 10.4 Å². The van der Waals surface area contributed by atoms with E-state index in [0.29, 0.717) is 4.88 Å². The molecular weight excluding hydrogens is 325 g/mol. The quantitative estimate of drug-likeness (QED) is 0.750. The summed E-state index contributed by atoms with van der Waals surface area (Å²) in [5.41, 5.74) is 0.718. The predicted octanol–water partition coefficient (Wildman–Crippen LogP) is 2.21. The van der Waals surface area contributed by atoms with Gasteiger partial charge in [0.05, 0.1) is 11.3 Å². The van der Waals surface area contributed by atoms with Crippen molar-refractivity contribution in [3.63, 3.8) is 0 Å². The van der Waals surface area contributed by atoms with Crippen molar-refractivity contribution in [3.8, 4) is 10.4 Å². The molecule has 120 valence electrons. The summed E-state index contributed by atoms with van der Waals surface area (Å²) < 4.78 is 12.9. The maximum absolute atomic E-state index is 12.9. The SMILES string of the molecule is O=C(O)C[C@H](NC(=O)c1ccc(-c2ccc(F)cc2)s1)C(=O)O. The molecule has 0 bridgehead atoms. The zero-order valence-corrected chi connectivity index (χ0v) is 12.5. The van der Waals surface area contributed by atoms with Crippen molar-refractivity contribution in [3.05, 3.63) is 47.1 Å².